The molecule has 3 atom stereocenters. The Kier molecular flexibility index (Phi) is 13.1. The molecule has 0 aliphatic carbocycles. The van der Waals surface area contributed by atoms with Crippen molar-refractivity contribution in [2.45, 2.75) is 176 Å². The van der Waals surface area contributed by atoms with Crippen molar-refractivity contribution >= 4 is 29.5 Å². The van der Waals surface area contributed by atoms with Crippen LogP contribution in [0.4, 0.5) is 4.79 Å². The number of carbonyl (C=O) groups excluding carboxylic acids is 5. The van der Waals surface area contributed by atoms with Gasteiger partial charge in [0, 0.05) is 42.9 Å². The first kappa shape index (κ1) is 42.7. The number of ether oxygens (including phenoxy) is 1. The Labute approximate surface area is 308 Å². The van der Waals surface area contributed by atoms with Crippen LogP contribution in [0.3, 0.4) is 0 Å². The van der Waals surface area contributed by atoms with Crippen LogP contribution in [-0.4, -0.2) is 98.6 Å². The number of amides is 3. The van der Waals surface area contributed by atoms with Gasteiger partial charge >= 0.3 is 6.09 Å². The van der Waals surface area contributed by atoms with Crippen molar-refractivity contribution in [3.05, 3.63) is 12.2 Å². The van der Waals surface area contributed by atoms with Crippen molar-refractivity contribution in [1.29, 1.82) is 0 Å². The van der Waals surface area contributed by atoms with Crippen LogP contribution in [0.5, 0.6) is 0 Å². The van der Waals surface area contributed by atoms with E-state index in [0.717, 1.165) is 0 Å². The second-order valence-electron chi connectivity index (χ2n) is 19.3. The summed E-state index contributed by atoms with van der Waals surface area (Å²) in [6, 6.07) is -1.00. The predicted octanol–water partition coefficient (Wildman–Crippen LogP) is 6.94. The summed E-state index contributed by atoms with van der Waals surface area (Å²) in [6.07, 6.45) is 6.59. The van der Waals surface area contributed by atoms with Gasteiger partial charge in [-0.1, -0.05) is 39.8 Å². The zero-order valence-electron chi connectivity index (χ0n) is 34.4. The maximum atomic E-state index is 14.7. The Bertz CT molecular complexity index is 1320. The molecular formula is C41H70N4O6. The summed E-state index contributed by atoms with van der Waals surface area (Å²) in [7, 11) is 2.06. The minimum absolute atomic E-state index is 0.00643. The van der Waals surface area contributed by atoms with Crippen LogP contribution >= 0.6 is 0 Å². The van der Waals surface area contributed by atoms with Crippen LogP contribution < -0.4 is 5.32 Å². The lowest BCUT2D eigenvalue weighted by Crippen LogP contribution is -2.71. The molecule has 3 amide bonds. The van der Waals surface area contributed by atoms with Gasteiger partial charge in [0.1, 0.15) is 11.1 Å². The molecule has 0 aromatic carbocycles. The number of piperidine rings is 1. The minimum Gasteiger partial charge on any atom is -0.444 e. The third-order valence-electron chi connectivity index (χ3n) is 11.5. The Balaban J connectivity index is 2.19. The fourth-order valence-corrected chi connectivity index (χ4v) is 8.56. The summed E-state index contributed by atoms with van der Waals surface area (Å²) in [5.74, 6) is -1.22. The number of rotatable bonds is 3. The number of likely N-dealkylation sites (tertiary alicyclic amines) is 1. The van der Waals surface area contributed by atoms with Gasteiger partial charge in [0.25, 0.3) is 0 Å². The third-order valence-corrected chi connectivity index (χ3v) is 11.5. The van der Waals surface area contributed by atoms with E-state index in [1.54, 1.807) is 9.80 Å². The second kappa shape index (κ2) is 15.7. The Morgan fingerprint density at radius 2 is 1.53 bits per heavy atom. The van der Waals surface area contributed by atoms with Crippen LogP contribution in [0.15, 0.2) is 12.2 Å². The van der Waals surface area contributed by atoms with Gasteiger partial charge in [-0.2, -0.15) is 0 Å². The van der Waals surface area contributed by atoms with Crippen LogP contribution in [0.1, 0.15) is 141 Å². The number of hydrogen-bond donors (Lipinski definition) is 1. The van der Waals surface area contributed by atoms with E-state index in [4.69, 9.17) is 4.74 Å². The van der Waals surface area contributed by atoms with Gasteiger partial charge in [-0.25, -0.2) is 4.79 Å². The van der Waals surface area contributed by atoms with E-state index in [-0.39, 0.29) is 54.6 Å². The van der Waals surface area contributed by atoms with Crippen molar-refractivity contribution in [1.82, 2.24) is 20.0 Å². The van der Waals surface area contributed by atoms with Gasteiger partial charge < -0.3 is 19.9 Å². The SMILES string of the molecule is CC(C)CC1/C=C/C(C)(C)C(=O)N2CCC[C@@H]2C(=O)C[C@@H](C(C)C)C(=O)NC2(CC(C)(C)N(C)C(C)(C)C2)C(=O)CCCN1C(=O)OC(C)(C)C. The summed E-state index contributed by atoms with van der Waals surface area (Å²) in [5.41, 5.74) is -3.68. The van der Waals surface area contributed by atoms with E-state index in [1.807, 2.05) is 60.6 Å². The molecule has 51 heavy (non-hydrogen) atoms. The quantitative estimate of drug-likeness (QED) is 0.315. The van der Waals surface area contributed by atoms with Crippen molar-refractivity contribution in [3.8, 4) is 0 Å². The molecule has 2 fully saturated rings. The summed E-state index contributed by atoms with van der Waals surface area (Å²) in [4.78, 5) is 76.9. The van der Waals surface area contributed by atoms with Crippen molar-refractivity contribution in [2.75, 3.05) is 20.1 Å². The number of nitrogens with one attached hydrogen (secondary N) is 1. The molecule has 0 radical (unpaired) electrons. The van der Waals surface area contributed by atoms with Crippen LogP contribution in [0.2, 0.25) is 0 Å². The smallest absolute Gasteiger partial charge is 0.410 e. The number of Topliss-reactive ketones (excluding diaryl/α,β-unsaturated/α-hetero) is 2. The highest BCUT2D eigenvalue weighted by atomic mass is 16.6. The number of carbonyl (C=O) groups is 5. The van der Waals surface area contributed by atoms with Gasteiger partial charge in [-0.05, 0) is 120 Å². The van der Waals surface area contributed by atoms with Crippen LogP contribution in [0.25, 0.3) is 0 Å². The molecule has 1 spiro atoms. The Hall–Kier alpha value is -2.75. The number of ketones is 2. The molecule has 0 aromatic rings. The predicted molar refractivity (Wildman–Crippen MR) is 202 cm³/mol. The number of nitrogens with zero attached hydrogens (tertiary/aromatic N) is 3. The molecule has 3 aliphatic heterocycles. The molecule has 2 saturated heterocycles. The lowest BCUT2D eigenvalue weighted by atomic mass is 9.66. The summed E-state index contributed by atoms with van der Waals surface area (Å²) < 4.78 is 5.91. The minimum atomic E-state index is -1.16. The Morgan fingerprint density at radius 1 is 0.941 bits per heavy atom. The standard InChI is InChI=1S/C41H70N4O6/c1-27(2)23-29-19-20-38(8,9)35(49)45-22-15-17-31(45)32(46)24-30(28(3)4)34(48)42-41(25-39(10,11)43(14)40(12,13)26-41)33(47)18-16-21-44(29)36(50)51-37(5,6)7/h19-20,27-31H,15-18,21-26H2,1-14H3,(H,42,48)/b20-19+/t29?,30-,31+/m0/s1. The molecule has 1 unspecified atom stereocenters. The lowest BCUT2D eigenvalue weighted by Gasteiger charge is -2.58. The number of fused-ring (bicyclic) bond motifs is 1. The number of hydrogen-bond acceptors (Lipinski definition) is 7. The highest BCUT2D eigenvalue weighted by Gasteiger charge is 2.55. The molecular weight excluding hydrogens is 644 g/mol. The summed E-state index contributed by atoms with van der Waals surface area (Å²) >= 11 is 0. The second-order valence-corrected chi connectivity index (χ2v) is 19.3. The highest BCUT2D eigenvalue weighted by Crippen LogP contribution is 2.44. The first-order valence-electron chi connectivity index (χ1n) is 19.3. The van der Waals surface area contributed by atoms with Crippen molar-refractivity contribution < 1.29 is 28.7 Å². The van der Waals surface area contributed by atoms with Gasteiger partial charge in [0.05, 0.1) is 17.5 Å². The fraction of sp³-hybridized carbons (Fsp3) is 0.829. The van der Waals surface area contributed by atoms with Crippen LogP contribution in [0, 0.1) is 23.2 Å². The molecule has 1 N–H and O–H groups in total. The molecule has 10 heteroatoms. The van der Waals surface area contributed by atoms with Gasteiger partial charge in [-0.15, -0.1) is 0 Å². The lowest BCUT2D eigenvalue weighted by molar-refractivity contribution is -0.146. The van der Waals surface area contributed by atoms with Crippen molar-refractivity contribution in [3.63, 3.8) is 0 Å². The van der Waals surface area contributed by atoms with Gasteiger partial charge in [0.2, 0.25) is 11.8 Å². The van der Waals surface area contributed by atoms with E-state index in [0.29, 0.717) is 45.1 Å². The molecule has 3 aliphatic rings. The first-order chi connectivity index (χ1) is 23.2. The van der Waals surface area contributed by atoms with Gasteiger partial charge in [0.15, 0.2) is 11.6 Å². The first-order valence-corrected chi connectivity index (χ1v) is 19.3. The maximum Gasteiger partial charge on any atom is 0.410 e. The zero-order chi connectivity index (χ0) is 38.9. The molecule has 10 nitrogen and oxygen atoms in total. The molecule has 0 saturated carbocycles. The Morgan fingerprint density at radius 3 is 2.06 bits per heavy atom. The van der Waals surface area contributed by atoms with Crippen LogP contribution in [-0.2, 0) is 23.9 Å². The molecule has 0 bridgehead atoms. The van der Waals surface area contributed by atoms with E-state index in [9.17, 15) is 24.0 Å². The monoisotopic (exact) mass is 715 g/mol. The molecule has 3 heterocycles. The largest absolute Gasteiger partial charge is 0.444 e. The summed E-state index contributed by atoms with van der Waals surface area (Å²) in [6.45, 7) is 26.4. The normalized spacial score (nSPS) is 28.7. The van der Waals surface area contributed by atoms with E-state index in [2.05, 4.69) is 58.8 Å². The molecule has 3 rings (SSSR count). The van der Waals surface area contributed by atoms with E-state index in [1.165, 1.54) is 0 Å². The zero-order valence-corrected chi connectivity index (χ0v) is 34.4. The topological polar surface area (TPSA) is 116 Å². The molecule has 0 aromatic heterocycles. The molecule has 290 valence electrons. The third kappa shape index (κ3) is 10.2. The van der Waals surface area contributed by atoms with E-state index >= 15 is 0 Å². The van der Waals surface area contributed by atoms with E-state index < -0.39 is 51.7 Å². The highest BCUT2D eigenvalue weighted by molar-refractivity contribution is 5.97. The van der Waals surface area contributed by atoms with Gasteiger partial charge in [-0.3, -0.25) is 24.1 Å². The van der Waals surface area contributed by atoms with Crippen molar-refractivity contribution in [2.24, 2.45) is 23.2 Å². The fourth-order valence-electron chi connectivity index (χ4n) is 8.56. The average Bonchev–Trinajstić information content (AvgIpc) is 3.46. The maximum absolute atomic E-state index is 14.7. The average molecular weight is 715 g/mol. The summed E-state index contributed by atoms with van der Waals surface area (Å²) in [5, 5.41) is 3.29.